The summed E-state index contributed by atoms with van der Waals surface area (Å²) in [5, 5.41) is 2.12. The zero-order chi connectivity index (χ0) is 10.6. The van der Waals surface area contributed by atoms with Gasteiger partial charge in [-0.1, -0.05) is 0 Å². The summed E-state index contributed by atoms with van der Waals surface area (Å²) in [4.78, 5) is 3.53. The Morgan fingerprint density at radius 3 is 2.71 bits per heavy atom. The van der Waals surface area contributed by atoms with Gasteiger partial charge in [0.15, 0.2) is 0 Å². The Hall–Kier alpha value is -0.420. The standard InChI is InChI=1S/C10H19N3S/c1-8-5-7-14-10(8)9(12-11)4-6-13(2)3/h5,7,9,12H,4,6,11H2,1-3H3. The fourth-order valence-electron chi connectivity index (χ4n) is 1.42. The molecule has 1 aromatic heterocycles. The lowest BCUT2D eigenvalue weighted by Gasteiger charge is -2.18. The van der Waals surface area contributed by atoms with E-state index in [0.717, 1.165) is 13.0 Å². The van der Waals surface area contributed by atoms with Gasteiger partial charge in [-0.2, -0.15) is 0 Å². The van der Waals surface area contributed by atoms with Crippen LogP contribution in [0.2, 0.25) is 0 Å². The number of nitrogens with zero attached hydrogens (tertiary/aromatic N) is 1. The highest BCUT2D eigenvalue weighted by atomic mass is 32.1. The predicted molar refractivity (Wildman–Crippen MR) is 62.3 cm³/mol. The molecule has 0 aliphatic heterocycles. The molecular formula is C10H19N3S. The largest absolute Gasteiger partial charge is 0.309 e. The number of nitrogens with two attached hydrogens (primary N) is 1. The van der Waals surface area contributed by atoms with Crippen LogP contribution in [0.25, 0.3) is 0 Å². The molecule has 1 heterocycles. The van der Waals surface area contributed by atoms with Crippen LogP contribution in [0, 0.1) is 6.92 Å². The minimum Gasteiger partial charge on any atom is -0.309 e. The van der Waals surface area contributed by atoms with E-state index in [0.29, 0.717) is 0 Å². The maximum atomic E-state index is 5.56. The van der Waals surface area contributed by atoms with E-state index in [-0.39, 0.29) is 6.04 Å². The minimum atomic E-state index is 0.289. The van der Waals surface area contributed by atoms with Crippen molar-refractivity contribution in [3.63, 3.8) is 0 Å². The fraction of sp³-hybridized carbons (Fsp3) is 0.600. The van der Waals surface area contributed by atoms with Crippen LogP contribution in [0.15, 0.2) is 11.4 Å². The van der Waals surface area contributed by atoms with Gasteiger partial charge in [0.1, 0.15) is 0 Å². The molecule has 0 amide bonds. The highest BCUT2D eigenvalue weighted by Crippen LogP contribution is 2.25. The van der Waals surface area contributed by atoms with Gasteiger partial charge >= 0.3 is 0 Å². The van der Waals surface area contributed by atoms with Gasteiger partial charge in [-0.3, -0.25) is 11.3 Å². The van der Waals surface area contributed by atoms with Crippen molar-refractivity contribution in [3.8, 4) is 0 Å². The lowest BCUT2D eigenvalue weighted by atomic mass is 10.1. The average Bonchev–Trinajstić information content (AvgIpc) is 2.53. The normalized spacial score (nSPS) is 13.5. The van der Waals surface area contributed by atoms with Crippen LogP contribution < -0.4 is 11.3 Å². The molecule has 4 heteroatoms. The molecule has 1 rings (SSSR count). The highest BCUT2D eigenvalue weighted by Gasteiger charge is 2.13. The van der Waals surface area contributed by atoms with E-state index in [1.54, 1.807) is 11.3 Å². The average molecular weight is 213 g/mol. The summed E-state index contributed by atoms with van der Waals surface area (Å²) in [5.41, 5.74) is 4.21. The van der Waals surface area contributed by atoms with E-state index in [1.165, 1.54) is 10.4 Å². The maximum Gasteiger partial charge on any atom is 0.0568 e. The smallest absolute Gasteiger partial charge is 0.0568 e. The van der Waals surface area contributed by atoms with Gasteiger partial charge in [0.2, 0.25) is 0 Å². The number of aryl methyl sites for hydroxylation is 1. The maximum absolute atomic E-state index is 5.56. The topological polar surface area (TPSA) is 41.3 Å². The molecule has 0 saturated heterocycles. The second-order valence-corrected chi connectivity index (χ2v) is 4.73. The van der Waals surface area contributed by atoms with Crippen LogP contribution in [0.5, 0.6) is 0 Å². The Labute approximate surface area is 89.9 Å². The lowest BCUT2D eigenvalue weighted by Crippen LogP contribution is -2.30. The molecule has 3 N–H and O–H groups in total. The van der Waals surface area contributed by atoms with Crippen molar-refractivity contribution in [1.82, 2.24) is 10.3 Å². The van der Waals surface area contributed by atoms with Crippen LogP contribution in [-0.2, 0) is 0 Å². The van der Waals surface area contributed by atoms with Crippen LogP contribution in [0.3, 0.4) is 0 Å². The van der Waals surface area contributed by atoms with Gasteiger partial charge in [-0.05, 0) is 51.0 Å². The van der Waals surface area contributed by atoms with Crippen molar-refractivity contribution < 1.29 is 0 Å². The van der Waals surface area contributed by atoms with Crippen LogP contribution in [-0.4, -0.2) is 25.5 Å². The zero-order valence-corrected chi connectivity index (χ0v) is 9.90. The first kappa shape index (κ1) is 11.7. The Morgan fingerprint density at radius 2 is 2.29 bits per heavy atom. The molecule has 1 aromatic rings. The first-order valence-corrected chi connectivity index (χ1v) is 5.68. The molecule has 0 aliphatic carbocycles. The molecule has 0 fully saturated rings. The molecule has 0 aliphatic rings. The second kappa shape index (κ2) is 5.46. The second-order valence-electron chi connectivity index (χ2n) is 3.78. The summed E-state index contributed by atoms with van der Waals surface area (Å²) < 4.78 is 0. The van der Waals surface area contributed by atoms with E-state index in [9.17, 15) is 0 Å². The lowest BCUT2D eigenvalue weighted by molar-refractivity contribution is 0.364. The first-order chi connectivity index (χ1) is 6.65. The van der Waals surface area contributed by atoms with Gasteiger partial charge in [-0.15, -0.1) is 11.3 Å². The summed E-state index contributed by atoms with van der Waals surface area (Å²) in [6, 6.07) is 2.43. The summed E-state index contributed by atoms with van der Waals surface area (Å²) in [7, 11) is 4.16. The Morgan fingerprint density at radius 1 is 1.57 bits per heavy atom. The molecule has 0 aromatic carbocycles. The number of hydrazine groups is 1. The third kappa shape index (κ3) is 3.06. The van der Waals surface area contributed by atoms with Crippen molar-refractivity contribution >= 4 is 11.3 Å². The Kier molecular flexibility index (Phi) is 4.54. The van der Waals surface area contributed by atoms with Crippen molar-refractivity contribution in [2.24, 2.45) is 5.84 Å². The first-order valence-electron chi connectivity index (χ1n) is 4.80. The van der Waals surface area contributed by atoms with Gasteiger partial charge in [0, 0.05) is 4.88 Å². The SMILES string of the molecule is Cc1ccsc1C(CCN(C)C)NN. The Balaban J connectivity index is 2.58. The summed E-state index contributed by atoms with van der Waals surface area (Å²) >= 11 is 1.77. The molecule has 1 atom stereocenters. The van der Waals surface area contributed by atoms with E-state index < -0.39 is 0 Å². The van der Waals surface area contributed by atoms with Crippen molar-refractivity contribution in [2.75, 3.05) is 20.6 Å². The Bertz CT molecular complexity index is 270. The molecule has 0 spiro atoms. The minimum absolute atomic E-state index is 0.289. The van der Waals surface area contributed by atoms with E-state index in [2.05, 4.69) is 42.8 Å². The number of nitrogens with one attached hydrogen (secondary N) is 1. The molecule has 0 bridgehead atoms. The van der Waals surface area contributed by atoms with E-state index in [1.807, 2.05) is 0 Å². The molecule has 3 nitrogen and oxygen atoms in total. The highest BCUT2D eigenvalue weighted by molar-refractivity contribution is 7.10. The third-order valence-electron chi connectivity index (χ3n) is 2.28. The van der Waals surface area contributed by atoms with E-state index >= 15 is 0 Å². The molecular weight excluding hydrogens is 194 g/mol. The number of hydrogen-bond acceptors (Lipinski definition) is 4. The molecule has 0 radical (unpaired) electrons. The van der Waals surface area contributed by atoms with Crippen molar-refractivity contribution in [2.45, 2.75) is 19.4 Å². The molecule has 0 saturated carbocycles. The molecule has 14 heavy (non-hydrogen) atoms. The fourth-order valence-corrected chi connectivity index (χ4v) is 2.44. The van der Waals surface area contributed by atoms with Gasteiger partial charge in [0.25, 0.3) is 0 Å². The van der Waals surface area contributed by atoms with Crippen LogP contribution in [0.1, 0.15) is 22.9 Å². The summed E-state index contributed by atoms with van der Waals surface area (Å²) in [5.74, 6) is 5.56. The van der Waals surface area contributed by atoms with Crippen molar-refractivity contribution in [3.05, 3.63) is 21.9 Å². The zero-order valence-electron chi connectivity index (χ0n) is 9.08. The number of thiophene rings is 1. The monoisotopic (exact) mass is 213 g/mol. The van der Waals surface area contributed by atoms with Crippen LogP contribution >= 0.6 is 11.3 Å². The molecule has 1 unspecified atom stereocenters. The number of rotatable bonds is 5. The number of hydrogen-bond donors (Lipinski definition) is 2. The van der Waals surface area contributed by atoms with Crippen molar-refractivity contribution in [1.29, 1.82) is 0 Å². The molecule has 80 valence electrons. The van der Waals surface area contributed by atoms with Gasteiger partial charge in [0.05, 0.1) is 6.04 Å². The van der Waals surface area contributed by atoms with Gasteiger partial charge in [-0.25, -0.2) is 0 Å². The van der Waals surface area contributed by atoms with Gasteiger partial charge < -0.3 is 4.90 Å². The third-order valence-corrected chi connectivity index (χ3v) is 3.42. The summed E-state index contributed by atoms with van der Waals surface area (Å²) in [6.45, 7) is 3.18. The predicted octanol–water partition coefficient (Wildman–Crippen LogP) is 1.51. The van der Waals surface area contributed by atoms with Crippen LogP contribution in [0.4, 0.5) is 0 Å². The van der Waals surface area contributed by atoms with E-state index in [4.69, 9.17) is 5.84 Å². The quantitative estimate of drug-likeness (QED) is 0.575. The summed E-state index contributed by atoms with van der Waals surface area (Å²) in [6.07, 6.45) is 1.05.